The number of nitrogens with zero attached hydrogens (tertiary/aromatic N) is 3. The molecule has 5 nitrogen and oxygen atoms in total. The van der Waals surface area contributed by atoms with Crippen molar-refractivity contribution in [2.75, 3.05) is 0 Å². The first-order valence-corrected chi connectivity index (χ1v) is 8.59. The summed E-state index contributed by atoms with van der Waals surface area (Å²) < 4.78 is 1.41. The Bertz CT molecular complexity index is 678. The van der Waals surface area contributed by atoms with Crippen molar-refractivity contribution in [3.05, 3.63) is 27.1 Å². The molecule has 0 saturated heterocycles. The molecule has 1 N–H and O–H groups in total. The molecule has 2 aromatic rings. The van der Waals surface area contributed by atoms with E-state index in [0.29, 0.717) is 11.0 Å². The van der Waals surface area contributed by atoms with Crippen molar-refractivity contribution in [3.63, 3.8) is 0 Å². The summed E-state index contributed by atoms with van der Waals surface area (Å²) in [7, 11) is 0. The lowest BCUT2D eigenvalue weighted by Crippen LogP contribution is -2.37. The fourth-order valence-corrected chi connectivity index (χ4v) is 4.11. The van der Waals surface area contributed by atoms with Crippen molar-refractivity contribution in [1.82, 2.24) is 19.9 Å². The molecule has 114 valence electrons. The highest BCUT2D eigenvalue weighted by Crippen LogP contribution is 2.27. The minimum atomic E-state index is -0.0934. The second kappa shape index (κ2) is 6.23. The van der Waals surface area contributed by atoms with E-state index in [0.717, 1.165) is 23.2 Å². The predicted octanol–water partition coefficient (Wildman–Crippen LogP) is 2.52. The predicted molar refractivity (Wildman–Crippen MR) is 84.7 cm³/mol. The van der Waals surface area contributed by atoms with E-state index in [1.54, 1.807) is 0 Å². The second-order valence-corrected chi connectivity index (χ2v) is 6.91. The first kappa shape index (κ1) is 14.7. The molecule has 0 unspecified atom stereocenters. The van der Waals surface area contributed by atoms with Gasteiger partial charge >= 0.3 is 0 Å². The zero-order chi connectivity index (χ0) is 14.8. The highest BCUT2D eigenvalue weighted by Gasteiger charge is 2.23. The average molecular weight is 306 g/mol. The number of aromatic nitrogens is 3. The Morgan fingerprint density at radius 3 is 3.05 bits per heavy atom. The average Bonchev–Trinajstić information content (AvgIpc) is 2.88. The maximum absolute atomic E-state index is 11.9. The minimum Gasteiger partial charge on any atom is -0.307 e. The lowest BCUT2D eigenvalue weighted by molar-refractivity contribution is 0.254. The molecule has 0 spiro atoms. The van der Waals surface area contributed by atoms with Crippen LogP contribution in [0.4, 0.5) is 0 Å². The summed E-state index contributed by atoms with van der Waals surface area (Å²) in [4.78, 5) is 16.9. The highest BCUT2D eigenvalue weighted by atomic mass is 32.1. The van der Waals surface area contributed by atoms with Gasteiger partial charge in [0.2, 0.25) is 4.96 Å². The van der Waals surface area contributed by atoms with Crippen LogP contribution in [0.15, 0.2) is 10.9 Å². The summed E-state index contributed by atoms with van der Waals surface area (Å²) in [6.07, 6.45) is 6.48. The third-order valence-electron chi connectivity index (χ3n) is 4.36. The van der Waals surface area contributed by atoms with Crippen LogP contribution in [-0.4, -0.2) is 20.6 Å². The van der Waals surface area contributed by atoms with Crippen LogP contribution >= 0.6 is 11.3 Å². The Kier molecular flexibility index (Phi) is 4.35. The minimum absolute atomic E-state index is 0.0934. The number of rotatable bonds is 4. The molecule has 0 amide bonds. The monoisotopic (exact) mass is 306 g/mol. The van der Waals surface area contributed by atoms with Gasteiger partial charge < -0.3 is 5.32 Å². The summed E-state index contributed by atoms with van der Waals surface area (Å²) in [6.45, 7) is 4.84. The Hall–Kier alpha value is -1.27. The summed E-state index contributed by atoms with van der Waals surface area (Å²) in [5, 5.41) is 8.96. The summed E-state index contributed by atoms with van der Waals surface area (Å²) >= 11 is 1.50. The van der Waals surface area contributed by atoms with Crippen molar-refractivity contribution >= 4 is 16.3 Å². The standard InChI is InChI=1S/C15H22N4OS/c1-3-11-6-4-5-7-12(11)16-9-13-18-19-14(20)8-10(2)17-15(19)21-13/h8,11-12,16H,3-7,9H2,1-2H3/t11-,12+/m0/s1. The van der Waals surface area contributed by atoms with Crippen LogP contribution in [-0.2, 0) is 6.54 Å². The maximum atomic E-state index is 11.9. The Morgan fingerprint density at radius 2 is 2.24 bits per heavy atom. The van der Waals surface area contributed by atoms with E-state index in [2.05, 4.69) is 22.3 Å². The SMILES string of the molecule is CC[C@H]1CCCC[C@H]1NCc1nn2c(=O)cc(C)nc2s1. The first-order valence-electron chi connectivity index (χ1n) is 7.77. The molecule has 6 heteroatoms. The van der Waals surface area contributed by atoms with Crippen LogP contribution in [0.2, 0.25) is 0 Å². The van der Waals surface area contributed by atoms with Crippen LogP contribution in [0.1, 0.15) is 49.7 Å². The molecule has 1 fully saturated rings. The van der Waals surface area contributed by atoms with Gasteiger partial charge in [0.25, 0.3) is 5.56 Å². The normalized spacial score (nSPS) is 22.8. The fourth-order valence-electron chi connectivity index (χ4n) is 3.21. The van der Waals surface area contributed by atoms with Crippen molar-refractivity contribution in [3.8, 4) is 0 Å². The molecule has 2 aromatic heterocycles. The van der Waals surface area contributed by atoms with Crippen LogP contribution < -0.4 is 10.9 Å². The fraction of sp³-hybridized carbons (Fsp3) is 0.667. The zero-order valence-electron chi connectivity index (χ0n) is 12.6. The molecule has 0 aromatic carbocycles. The Labute approximate surface area is 128 Å². The lowest BCUT2D eigenvalue weighted by atomic mass is 9.83. The topological polar surface area (TPSA) is 59.3 Å². The molecule has 21 heavy (non-hydrogen) atoms. The van der Waals surface area contributed by atoms with Gasteiger partial charge in [-0.3, -0.25) is 4.79 Å². The molecule has 2 atom stereocenters. The van der Waals surface area contributed by atoms with E-state index >= 15 is 0 Å². The van der Waals surface area contributed by atoms with E-state index in [4.69, 9.17) is 0 Å². The van der Waals surface area contributed by atoms with Crippen LogP contribution in [0.5, 0.6) is 0 Å². The van der Waals surface area contributed by atoms with E-state index in [1.807, 2.05) is 6.92 Å². The van der Waals surface area contributed by atoms with Gasteiger partial charge in [-0.25, -0.2) is 4.98 Å². The van der Waals surface area contributed by atoms with Gasteiger partial charge in [0.15, 0.2) is 0 Å². The Morgan fingerprint density at radius 1 is 1.43 bits per heavy atom. The van der Waals surface area contributed by atoms with E-state index in [-0.39, 0.29) is 5.56 Å². The van der Waals surface area contributed by atoms with Gasteiger partial charge in [-0.05, 0) is 25.7 Å². The smallest absolute Gasteiger partial charge is 0.275 e. The highest BCUT2D eigenvalue weighted by molar-refractivity contribution is 7.16. The van der Waals surface area contributed by atoms with Gasteiger partial charge in [0.05, 0.1) is 0 Å². The second-order valence-electron chi connectivity index (χ2n) is 5.87. The molecule has 3 rings (SSSR count). The summed E-state index contributed by atoms with van der Waals surface area (Å²) in [5.74, 6) is 0.774. The van der Waals surface area contributed by atoms with Crippen LogP contribution in [0.3, 0.4) is 0 Å². The quantitative estimate of drug-likeness (QED) is 0.943. The van der Waals surface area contributed by atoms with Gasteiger partial charge in [0, 0.05) is 24.3 Å². The van der Waals surface area contributed by atoms with E-state index in [9.17, 15) is 4.79 Å². The molecule has 1 aliphatic carbocycles. The van der Waals surface area contributed by atoms with Gasteiger partial charge in [-0.15, -0.1) is 0 Å². The largest absolute Gasteiger partial charge is 0.307 e. The molecule has 0 radical (unpaired) electrons. The van der Waals surface area contributed by atoms with Crippen molar-refractivity contribution in [1.29, 1.82) is 0 Å². The first-order chi connectivity index (χ1) is 10.2. The summed E-state index contributed by atoms with van der Waals surface area (Å²) in [5.41, 5.74) is 0.658. The number of aryl methyl sites for hydroxylation is 1. The van der Waals surface area contributed by atoms with Gasteiger partial charge in [0.1, 0.15) is 5.01 Å². The Balaban J connectivity index is 1.73. The molecule has 2 heterocycles. The molecular weight excluding hydrogens is 284 g/mol. The van der Waals surface area contributed by atoms with Crippen LogP contribution in [0, 0.1) is 12.8 Å². The number of nitrogens with one attached hydrogen (secondary N) is 1. The zero-order valence-corrected chi connectivity index (χ0v) is 13.4. The summed E-state index contributed by atoms with van der Waals surface area (Å²) in [6, 6.07) is 2.11. The maximum Gasteiger partial charge on any atom is 0.275 e. The van der Waals surface area contributed by atoms with Crippen LogP contribution in [0.25, 0.3) is 4.96 Å². The molecule has 0 aliphatic heterocycles. The molecule has 0 bridgehead atoms. The molecular formula is C15H22N4OS. The molecule has 1 saturated carbocycles. The molecule has 1 aliphatic rings. The van der Waals surface area contributed by atoms with Gasteiger partial charge in [-0.2, -0.15) is 9.61 Å². The van der Waals surface area contributed by atoms with E-state index < -0.39 is 0 Å². The van der Waals surface area contributed by atoms with Crippen molar-refractivity contribution in [2.24, 2.45) is 5.92 Å². The number of hydrogen-bond acceptors (Lipinski definition) is 5. The number of hydrogen-bond donors (Lipinski definition) is 1. The third kappa shape index (κ3) is 3.16. The lowest BCUT2D eigenvalue weighted by Gasteiger charge is -2.31. The van der Waals surface area contributed by atoms with Crippen molar-refractivity contribution < 1.29 is 0 Å². The third-order valence-corrected chi connectivity index (χ3v) is 5.27. The van der Waals surface area contributed by atoms with E-state index in [1.165, 1.54) is 54.0 Å². The number of fused-ring (bicyclic) bond motifs is 1. The van der Waals surface area contributed by atoms with Gasteiger partial charge in [-0.1, -0.05) is 37.5 Å². The van der Waals surface area contributed by atoms with Crippen molar-refractivity contribution in [2.45, 2.75) is 58.5 Å².